The number of carbonyl (C=O) groups is 1. The highest BCUT2D eigenvalue weighted by molar-refractivity contribution is 6.01. The Kier molecular flexibility index (Phi) is 5.79. The van der Waals surface area contributed by atoms with E-state index >= 15 is 0 Å². The van der Waals surface area contributed by atoms with Crippen molar-refractivity contribution in [3.63, 3.8) is 0 Å². The number of nitrogens with one attached hydrogen (secondary N) is 2. The molecule has 0 spiro atoms. The average Bonchev–Trinajstić information content (AvgIpc) is 3.18. The molecule has 206 valence electrons. The molecule has 2 aliphatic heterocycles. The molecule has 2 aromatic carbocycles. The summed E-state index contributed by atoms with van der Waals surface area (Å²) in [7, 11) is 0. The number of β-amino-alcohol motifs (C(OH)–C–C–N with tert-alkyl or cyclic N) is 1. The number of hydrogen-bond donors (Lipinski definition) is 3. The molecule has 1 amide bonds. The van der Waals surface area contributed by atoms with Crippen molar-refractivity contribution < 1.29 is 28.2 Å². The lowest BCUT2D eigenvalue weighted by Gasteiger charge is -2.38. The second kappa shape index (κ2) is 8.87. The first-order chi connectivity index (χ1) is 18.4. The quantitative estimate of drug-likeness (QED) is 0.415. The van der Waals surface area contributed by atoms with Crippen molar-refractivity contribution >= 4 is 17.3 Å². The van der Waals surface area contributed by atoms with Gasteiger partial charge in [0.1, 0.15) is 0 Å². The van der Waals surface area contributed by atoms with Crippen molar-refractivity contribution in [1.29, 1.82) is 0 Å². The van der Waals surface area contributed by atoms with E-state index in [1.54, 1.807) is 6.07 Å². The first kappa shape index (κ1) is 25.5. The number of nitrogens with zero attached hydrogens (tertiary/aromatic N) is 4. The standard InChI is InChI=1S/C27H30F2N6O4/c1-25(2,3)22-11-15-10-17(5-6-19(15)35(22)14-18(36)13-23-31-33-34-32-23)30-24(37)26(8-9-26)16-4-7-20-21(12-16)39-27(28,29)38-20/h4-7,10,12,18,22,36H,8-9,11,13-14H2,1-3H3,(H,30,37)(H,31,32,33,34). The van der Waals surface area contributed by atoms with E-state index in [-0.39, 0.29) is 35.3 Å². The number of ether oxygens (including phenoxy) is 2. The van der Waals surface area contributed by atoms with Gasteiger partial charge < -0.3 is 24.8 Å². The zero-order valence-corrected chi connectivity index (χ0v) is 21.9. The molecule has 3 aromatic rings. The van der Waals surface area contributed by atoms with Crippen LogP contribution < -0.4 is 19.7 Å². The molecule has 12 heteroatoms. The Morgan fingerprint density at radius 2 is 1.97 bits per heavy atom. The van der Waals surface area contributed by atoms with Crippen LogP contribution >= 0.6 is 0 Å². The monoisotopic (exact) mass is 540 g/mol. The van der Waals surface area contributed by atoms with Gasteiger partial charge in [-0.2, -0.15) is 5.21 Å². The third-order valence-corrected chi connectivity index (χ3v) is 7.79. The maximum Gasteiger partial charge on any atom is 0.586 e. The molecule has 1 aromatic heterocycles. The van der Waals surface area contributed by atoms with E-state index in [9.17, 15) is 18.7 Å². The second-order valence-electron chi connectivity index (χ2n) is 11.6. The van der Waals surface area contributed by atoms with Crippen molar-refractivity contribution in [2.75, 3.05) is 16.8 Å². The van der Waals surface area contributed by atoms with Crippen molar-refractivity contribution in [3.05, 3.63) is 53.3 Å². The van der Waals surface area contributed by atoms with Crippen LogP contribution in [0.5, 0.6) is 11.5 Å². The summed E-state index contributed by atoms with van der Waals surface area (Å²) in [5.41, 5.74) is 2.51. The Labute approximate surface area is 223 Å². The highest BCUT2D eigenvalue weighted by Gasteiger charge is 2.53. The van der Waals surface area contributed by atoms with Crippen LogP contribution in [0.3, 0.4) is 0 Å². The van der Waals surface area contributed by atoms with Crippen LogP contribution in [0, 0.1) is 5.41 Å². The summed E-state index contributed by atoms with van der Waals surface area (Å²) in [5.74, 6) is 0.159. The van der Waals surface area contributed by atoms with Crippen molar-refractivity contribution in [2.45, 2.75) is 70.3 Å². The normalized spacial score (nSPS) is 21.0. The van der Waals surface area contributed by atoms with Crippen molar-refractivity contribution in [3.8, 4) is 11.5 Å². The van der Waals surface area contributed by atoms with E-state index in [2.05, 4.69) is 61.1 Å². The van der Waals surface area contributed by atoms with Gasteiger partial charge in [0.25, 0.3) is 0 Å². The zero-order valence-electron chi connectivity index (χ0n) is 21.9. The van der Waals surface area contributed by atoms with Crippen molar-refractivity contribution in [2.24, 2.45) is 5.41 Å². The lowest BCUT2D eigenvalue weighted by molar-refractivity contribution is -0.286. The Hall–Kier alpha value is -3.80. The molecule has 2 atom stereocenters. The van der Waals surface area contributed by atoms with Gasteiger partial charge in [-0.25, -0.2) is 0 Å². The van der Waals surface area contributed by atoms with Crippen LogP contribution in [0.4, 0.5) is 20.2 Å². The fraction of sp³-hybridized carbons (Fsp3) is 0.481. The maximum atomic E-state index is 13.5. The molecule has 3 N–H and O–H groups in total. The topological polar surface area (TPSA) is 125 Å². The molecule has 1 saturated carbocycles. The van der Waals surface area contributed by atoms with E-state index in [1.807, 2.05) is 18.2 Å². The number of carbonyl (C=O) groups excluding carboxylic acids is 1. The number of aliphatic hydroxyl groups is 1. The molecule has 3 heterocycles. The minimum atomic E-state index is -3.70. The van der Waals surface area contributed by atoms with E-state index in [4.69, 9.17) is 0 Å². The molecular weight excluding hydrogens is 510 g/mol. The zero-order chi connectivity index (χ0) is 27.6. The van der Waals surface area contributed by atoms with E-state index in [0.717, 1.165) is 17.7 Å². The van der Waals surface area contributed by atoms with Crippen LogP contribution in [0.2, 0.25) is 0 Å². The predicted molar refractivity (Wildman–Crippen MR) is 137 cm³/mol. The first-order valence-electron chi connectivity index (χ1n) is 13.0. The molecule has 0 bridgehead atoms. The lowest BCUT2D eigenvalue weighted by atomic mass is 9.84. The maximum absolute atomic E-state index is 13.5. The largest absolute Gasteiger partial charge is 0.586 e. The summed E-state index contributed by atoms with van der Waals surface area (Å²) in [5, 5.41) is 27.7. The Morgan fingerprint density at radius 3 is 2.67 bits per heavy atom. The van der Waals surface area contributed by atoms with Crippen LogP contribution in [0.1, 0.15) is 50.6 Å². The molecule has 6 rings (SSSR count). The summed E-state index contributed by atoms with van der Waals surface area (Å²) in [4.78, 5) is 15.6. The summed E-state index contributed by atoms with van der Waals surface area (Å²) < 4.78 is 36.0. The minimum absolute atomic E-state index is 0.0426. The average molecular weight is 541 g/mol. The molecule has 2 unspecified atom stereocenters. The minimum Gasteiger partial charge on any atom is -0.395 e. The highest BCUT2D eigenvalue weighted by Crippen LogP contribution is 2.52. The third-order valence-electron chi connectivity index (χ3n) is 7.79. The molecule has 1 aliphatic carbocycles. The van der Waals surface area contributed by atoms with Gasteiger partial charge >= 0.3 is 6.29 Å². The number of halogens is 2. The van der Waals surface area contributed by atoms with Gasteiger partial charge in [0.2, 0.25) is 5.91 Å². The Morgan fingerprint density at radius 1 is 1.21 bits per heavy atom. The van der Waals surface area contributed by atoms with Gasteiger partial charge in [0.15, 0.2) is 17.3 Å². The number of aromatic nitrogens is 4. The summed E-state index contributed by atoms with van der Waals surface area (Å²) in [6, 6.07) is 10.5. The fourth-order valence-electron chi connectivity index (χ4n) is 5.63. The van der Waals surface area contributed by atoms with Gasteiger partial charge in [0.05, 0.1) is 11.5 Å². The number of H-pyrrole nitrogens is 1. The molecule has 0 radical (unpaired) electrons. The van der Waals surface area contributed by atoms with Gasteiger partial charge in [-0.05, 0) is 66.1 Å². The highest BCUT2D eigenvalue weighted by atomic mass is 19.3. The molecule has 39 heavy (non-hydrogen) atoms. The van der Waals surface area contributed by atoms with Crippen molar-refractivity contribution in [1.82, 2.24) is 20.6 Å². The number of fused-ring (bicyclic) bond motifs is 2. The number of aromatic amines is 1. The van der Waals surface area contributed by atoms with Crippen LogP contribution in [0.15, 0.2) is 36.4 Å². The first-order valence-corrected chi connectivity index (χ1v) is 13.0. The lowest BCUT2D eigenvalue weighted by Crippen LogP contribution is -2.45. The van der Waals surface area contributed by atoms with E-state index < -0.39 is 17.8 Å². The molecule has 3 aliphatic rings. The number of benzene rings is 2. The molecular formula is C27H30F2N6O4. The number of aliphatic hydroxyl groups excluding tert-OH is 1. The predicted octanol–water partition coefficient (Wildman–Crippen LogP) is 3.57. The number of tetrazole rings is 1. The smallest absolute Gasteiger partial charge is 0.395 e. The summed E-state index contributed by atoms with van der Waals surface area (Å²) in [6.45, 7) is 6.91. The number of hydrogen-bond acceptors (Lipinski definition) is 8. The number of rotatable bonds is 7. The van der Waals surface area contributed by atoms with Crippen LogP contribution in [-0.4, -0.2) is 56.6 Å². The Balaban J connectivity index is 1.19. The Bertz CT molecular complexity index is 1400. The van der Waals surface area contributed by atoms with E-state index in [0.29, 0.717) is 36.5 Å². The summed E-state index contributed by atoms with van der Waals surface area (Å²) >= 11 is 0. The third kappa shape index (κ3) is 4.77. The number of anilines is 2. The van der Waals surface area contributed by atoms with Crippen LogP contribution in [0.25, 0.3) is 0 Å². The van der Waals surface area contributed by atoms with Gasteiger partial charge in [0, 0.05) is 30.4 Å². The molecule has 0 saturated heterocycles. The van der Waals surface area contributed by atoms with E-state index in [1.165, 1.54) is 12.1 Å². The number of amides is 1. The van der Waals surface area contributed by atoms with Crippen LogP contribution in [-0.2, 0) is 23.1 Å². The number of alkyl halides is 2. The summed E-state index contributed by atoms with van der Waals surface area (Å²) in [6.07, 6.45) is -2.12. The molecule has 10 nitrogen and oxygen atoms in total. The van der Waals surface area contributed by atoms with Gasteiger partial charge in [-0.1, -0.05) is 32.1 Å². The second-order valence-corrected chi connectivity index (χ2v) is 11.6. The fourth-order valence-corrected chi connectivity index (χ4v) is 5.63. The molecule has 1 fully saturated rings. The van der Waals surface area contributed by atoms with Gasteiger partial charge in [-0.15, -0.1) is 19.0 Å². The SMILES string of the molecule is CC(C)(C)C1Cc2cc(NC(=O)C3(c4ccc5c(c4)OC(F)(F)O5)CC3)ccc2N1CC(O)Cc1nn[nH]n1. The van der Waals surface area contributed by atoms with Gasteiger partial charge in [-0.3, -0.25) is 4.79 Å².